The summed E-state index contributed by atoms with van der Waals surface area (Å²) in [5.41, 5.74) is 1.08. The fourth-order valence-electron chi connectivity index (χ4n) is 2.41. The van der Waals surface area contributed by atoms with E-state index in [4.69, 9.17) is 27.9 Å². The van der Waals surface area contributed by atoms with Crippen LogP contribution in [0, 0.1) is 17.0 Å². The Kier molecular flexibility index (Phi) is 6.66. The van der Waals surface area contributed by atoms with Crippen molar-refractivity contribution in [1.29, 1.82) is 0 Å². The SMILES string of the molecule is Cc1nc(-c2ccc(Cl)cc2)sc1C(=O)OCC(=O)Nc1cc([N+](=O)[O-])ccc1Cl. The number of hydrogen-bond acceptors (Lipinski definition) is 7. The number of carbonyl (C=O) groups excluding carboxylic acids is 2. The first-order chi connectivity index (χ1) is 14.2. The van der Waals surface area contributed by atoms with Crippen LogP contribution in [0.2, 0.25) is 10.0 Å². The number of benzene rings is 2. The van der Waals surface area contributed by atoms with Crippen LogP contribution < -0.4 is 5.32 Å². The number of nitrogens with zero attached hydrogens (tertiary/aromatic N) is 2. The van der Waals surface area contributed by atoms with Gasteiger partial charge in [-0.25, -0.2) is 9.78 Å². The van der Waals surface area contributed by atoms with Crippen molar-refractivity contribution in [2.24, 2.45) is 0 Å². The first-order valence-electron chi connectivity index (χ1n) is 8.39. The standard InChI is InChI=1S/C19H13Cl2N3O5S/c1-10-17(30-18(22-10)11-2-4-12(20)5-3-11)19(26)29-9-16(25)23-15-8-13(24(27)28)6-7-14(15)21/h2-8H,9H2,1H3,(H,23,25). The molecule has 0 aliphatic heterocycles. The molecule has 0 saturated heterocycles. The lowest BCUT2D eigenvalue weighted by Gasteiger charge is -2.07. The van der Waals surface area contributed by atoms with Crippen molar-refractivity contribution in [2.75, 3.05) is 11.9 Å². The van der Waals surface area contributed by atoms with Crippen molar-refractivity contribution in [3.05, 3.63) is 73.2 Å². The molecule has 0 aliphatic rings. The summed E-state index contributed by atoms with van der Waals surface area (Å²) in [6.07, 6.45) is 0. The van der Waals surface area contributed by atoms with E-state index >= 15 is 0 Å². The van der Waals surface area contributed by atoms with Gasteiger partial charge in [0.1, 0.15) is 9.88 Å². The molecule has 11 heteroatoms. The summed E-state index contributed by atoms with van der Waals surface area (Å²) in [5, 5.41) is 14.5. The summed E-state index contributed by atoms with van der Waals surface area (Å²) in [5.74, 6) is -1.39. The van der Waals surface area contributed by atoms with Gasteiger partial charge in [-0.3, -0.25) is 14.9 Å². The number of esters is 1. The van der Waals surface area contributed by atoms with Gasteiger partial charge < -0.3 is 10.1 Å². The molecule has 1 aromatic heterocycles. The average molecular weight is 466 g/mol. The highest BCUT2D eigenvalue weighted by Gasteiger charge is 2.19. The second-order valence-electron chi connectivity index (χ2n) is 5.99. The summed E-state index contributed by atoms with van der Waals surface area (Å²) >= 11 is 12.9. The molecule has 3 aromatic rings. The summed E-state index contributed by atoms with van der Waals surface area (Å²) in [6, 6.07) is 10.6. The molecule has 2 aromatic carbocycles. The Labute approximate surface area is 184 Å². The van der Waals surface area contributed by atoms with Crippen LogP contribution in [0.15, 0.2) is 42.5 Å². The lowest BCUT2D eigenvalue weighted by molar-refractivity contribution is -0.384. The summed E-state index contributed by atoms with van der Waals surface area (Å²) in [4.78, 5) is 39.3. The van der Waals surface area contributed by atoms with E-state index < -0.39 is 23.4 Å². The highest BCUT2D eigenvalue weighted by Crippen LogP contribution is 2.29. The van der Waals surface area contributed by atoms with Gasteiger partial charge in [0.2, 0.25) is 0 Å². The van der Waals surface area contributed by atoms with Gasteiger partial charge in [0, 0.05) is 22.7 Å². The number of halogens is 2. The quantitative estimate of drug-likeness (QED) is 0.306. The fourth-order valence-corrected chi connectivity index (χ4v) is 3.66. The number of amides is 1. The molecule has 1 N–H and O–H groups in total. The number of aryl methyl sites for hydroxylation is 1. The number of thiazole rings is 1. The zero-order chi connectivity index (χ0) is 21.8. The number of nitrogens with one attached hydrogen (secondary N) is 1. The van der Waals surface area contributed by atoms with Crippen molar-refractivity contribution >= 4 is 57.8 Å². The average Bonchev–Trinajstić information content (AvgIpc) is 3.10. The Bertz CT molecular complexity index is 1130. The van der Waals surface area contributed by atoms with Crippen molar-refractivity contribution in [3.63, 3.8) is 0 Å². The normalized spacial score (nSPS) is 10.5. The van der Waals surface area contributed by atoms with Gasteiger partial charge >= 0.3 is 5.97 Å². The number of rotatable bonds is 6. The van der Waals surface area contributed by atoms with E-state index in [0.29, 0.717) is 15.7 Å². The lowest BCUT2D eigenvalue weighted by Crippen LogP contribution is -2.21. The maximum atomic E-state index is 12.4. The van der Waals surface area contributed by atoms with Crippen LogP contribution in [0.4, 0.5) is 11.4 Å². The van der Waals surface area contributed by atoms with Gasteiger partial charge in [-0.15, -0.1) is 11.3 Å². The van der Waals surface area contributed by atoms with Crippen molar-refractivity contribution < 1.29 is 19.2 Å². The van der Waals surface area contributed by atoms with E-state index in [2.05, 4.69) is 10.3 Å². The van der Waals surface area contributed by atoms with E-state index in [-0.39, 0.29) is 21.3 Å². The largest absolute Gasteiger partial charge is 0.451 e. The van der Waals surface area contributed by atoms with Crippen LogP contribution in [-0.4, -0.2) is 28.4 Å². The lowest BCUT2D eigenvalue weighted by atomic mass is 10.2. The first kappa shape index (κ1) is 21.7. The number of ether oxygens (including phenoxy) is 1. The van der Waals surface area contributed by atoms with Gasteiger partial charge in [0.05, 0.1) is 21.3 Å². The van der Waals surface area contributed by atoms with Gasteiger partial charge in [0.15, 0.2) is 6.61 Å². The topological polar surface area (TPSA) is 111 Å². The van der Waals surface area contributed by atoms with E-state index in [1.807, 2.05) is 0 Å². The highest BCUT2D eigenvalue weighted by atomic mass is 35.5. The first-order valence-corrected chi connectivity index (χ1v) is 9.96. The van der Waals surface area contributed by atoms with Gasteiger partial charge in [-0.05, 0) is 25.1 Å². The molecular weight excluding hydrogens is 453 g/mol. The molecule has 0 spiro atoms. The molecule has 0 atom stereocenters. The molecule has 0 unspecified atom stereocenters. The van der Waals surface area contributed by atoms with Crippen LogP contribution >= 0.6 is 34.5 Å². The van der Waals surface area contributed by atoms with Crippen molar-refractivity contribution in [3.8, 4) is 10.6 Å². The highest BCUT2D eigenvalue weighted by molar-refractivity contribution is 7.17. The molecule has 3 rings (SSSR count). The molecule has 0 bridgehead atoms. The fraction of sp³-hybridized carbons (Fsp3) is 0.105. The molecule has 8 nitrogen and oxygen atoms in total. The molecule has 1 amide bonds. The third-order valence-corrected chi connectivity index (χ3v) is 5.61. The minimum Gasteiger partial charge on any atom is -0.451 e. The van der Waals surface area contributed by atoms with E-state index in [9.17, 15) is 19.7 Å². The van der Waals surface area contributed by atoms with Crippen molar-refractivity contribution in [2.45, 2.75) is 6.92 Å². The maximum absolute atomic E-state index is 12.4. The third-order valence-electron chi connectivity index (χ3n) is 3.84. The minimum atomic E-state index is -0.703. The van der Waals surface area contributed by atoms with E-state index in [1.165, 1.54) is 12.1 Å². The Balaban J connectivity index is 1.64. The van der Waals surface area contributed by atoms with Crippen molar-refractivity contribution in [1.82, 2.24) is 4.98 Å². The molecule has 0 radical (unpaired) electrons. The number of aromatic nitrogens is 1. The van der Waals surface area contributed by atoms with E-state index in [1.54, 1.807) is 31.2 Å². The summed E-state index contributed by atoms with van der Waals surface area (Å²) in [7, 11) is 0. The van der Waals surface area contributed by atoms with Crippen LogP contribution in [0.1, 0.15) is 15.4 Å². The number of nitro groups is 1. The Morgan fingerprint density at radius 1 is 1.20 bits per heavy atom. The number of carbonyl (C=O) groups is 2. The van der Waals surface area contributed by atoms with Crippen LogP contribution in [0.5, 0.6) is 0 Å². The van der Waals surface area contributed by atoms with Gasteiger partial charge in [-0.1, -0.05) is 35.3 Å². The molecule has 30 heavy (non-hydrogen) atoms. The summed E-state index contributed by atoms with van der Waals surface area (Å²) in [6.45, 7) is 1.07. The molecule has 154 valence electrons. The maximum Gasteiger partial charge on any atom is 0.350 e. The molecule has 0 aliphatic carbocycles. The summed E-state index contributed by atoms with van der Waals surface area (Å²) < 4.78 is 5.05. The predicted octanol–water partition coefficient (Wildman–Crippen LogP) is 5.13. The molecule has 0 fully saturated rings. The molecular formula is C19H13Cl2N3O5S. The Morgan fingerprint density at radius 2 is 1.90 bits per heavy atom. The minimum absolute atomic E-state index is 0.0471. The second-order valence-corrected chi connectivity index (χ2v) is 7.83. The zero-order valence-electron chi connectivity index (χ0n) is 15.3. The van der Waals surface area contributed by atoms with Crippen LogP contribution in [-0.2, 0) is 9.53 Å². The van der Waals surface area contributed by atoms with Crippen LogP contribution in [0.25, 0.3) is 10.6 Å². The van der Waals surface area contributed by atoms with E-state index in [0.717, 1.165) is 23.0 Å². The molecule has 0 saturated carbocycles. The van der Waals surface area contributed by atoms with Crippen LogP contribution in [0.3, 0.4) is 0 Å². The van der Waals surface area contributed by atoms with Gasteiger partial charge in [-0.2, -0.15) is 0 Å². The number of nitro benzene ring substituents is 1. The number of anilines is 1. The second kappa shape index (κ2) is 9.21. The number of hydrogen-bond donors (Lipinski definition) is 1. The monoisotopic (exact) mass is 465 g/mol. The Morgan fingerprint density at radius 3 is 2.57 bits per heavy atom. The zero-order valence-corrected chi connectivity index (χ0v) is 17.7. The molecule has 1 heterocycles. The van der Waals surface area contributed by atoms with Gasteiger partial charge in [0.25, 0.3) is 11.6 Å². The Hall–Kier alpha value is -3.01. The third kappa shape index (κ3) is 5.12. The number of non-ortho nitro benzene ring substituents is 1. The smallest absolute Gasteiger partial charge is 0.350 e. The predicted molar refractivity (Wildman–Crippen MR) is 114 cm³/mol.